The monoisotopic (exact) mass is 345 g/mol. The van der Waals surface area contributed by atoms with E-state index in [2.05, 4.69) is 20.6 Å². The maximum atomic E-state index is 12.2. The van der Waals surface area contributed by atoms with Crippen molar-refractivity contribution in [3.63, 3.8) is 0 Å². The van der Waals surface area contributed by atoms with Gasteiger partial charge in [0.25, 0.3) is 5.91 Å². The van der Waals surface area contributed by atoms with Crippen molar-refractivity contribution in [2.45, 2.75) is 25.4 Å². The fourth-order valence-corrected chi connectivity index (χ4v) is 2.98. The summed E-state index contributed by atoms with van der Waals surface area (Å²) in [7, 11) is 0. The smallest absolute Gasteiger partial charge is 0.273 e. The van der Waals surface area contributed by atoms with Crippen molar-refractivity contribution in [3.05, 3.63) is 53.1 Å². The zero-order valence-electron chi connectivity index (χ0n) is 12.8. The van der Waals surface area contributed by atoms with Crippen molar-refractivity contribution in [2.24, 2.45) is 0 Å². The quantitative estimate of drug-likeness (QED) is 0.758. The SMILES string of the molecule is O=C(NCc1cn2cc(Cl)ccc2n1)c1coc([C@@H]2CCCN2)n1. The maximum absolute atomic E-state index is 12.2. The molecule has 4 heterocycles. The van der Waals surface area contributed by atoms with Gasteiger partial charge in [0, 0.05) is 12.4 Å². The first kappa shape index (κ1) is 15.2. The topological polar surface area (TPSA) is 84.5 Å². The molecule has 24 heavy (non-hydrogen) atoms. The minimum absolute atomic E-state index is 0.106. The highest BCUT2D eigenvalue weighted by atomic mass is 35.5. The highest BCUT2D eigenvalue weighted by molar-refractivity contribution is 6.30. The molecule has 2 N–H and O–H groups in total. The number of hydrogen-bond donors (Lipinski definition) is 2. The molecule has 3 aromatic heterocycles. The standard InChI is InChI=1S/C16H16ClN5O2/c17-10-3-4-14-20-11(8-22(14)7-10)6-19-15(23)13-9-24-16(21-13)12-2-1-5-18-12/h3-4,7-9,12,18H,1-2,5-6H2,(H,19,23)/t12-/m0/s1. The Morgan fingerprint density at radius 3 is 3.17 bits per heavy atom. The van der Waals surface area contributed by atoms with E-state index in [1.54, 1.807) is 12.3 Å². The van der Waals surface area contributed by atoms with Crippen molar-refractivity contribution in [1.29, 1.82) is 0 Å². The Kier molecular flexibility index (Phi) is 3.95. The third kappa shape index (κ3) is 3.00. The minimum atomic E-state index is -0.280. The van der Waals surface area contributed by atoms with Crippen LogP contribution in [0.2, 0.25) is 5.02 Å². The number of carbonyl (C=O) groups is 1. The third-order valence-electron chi connectivity index (χ3n) is 4.01. The van der Waals surface area contributed by atoms with Crippen molar-refractivity contribution in [1.82, 2.24) is 25.0 Å². The molecule has 1 aliphatic rings. The van der Waals surface area contributed by atoms with Gasteiger partial charge in [-0.2, -0.15) is 0 Å². The van der Waals surface area contributed by atoms with Crippen molar-refractivity contribution >= 4 is 23.2 Å². The number of aromatic nitrogens is 3. The van der Waals surface area contributed by atoms with E-state index in [1.165, 1.54) is 6.26 Å². The Bertz CT molecular complexity index is 882. The molecule has 0 bridgehead atoms. The van der Waals surface area contributed by atoms with Gasteiger partial charge in [-0.15, -0.1) is 0 Å². The number of rotatable bonds is 4. The Balaban J connectivity index is 1.42. The molecule has 0 aromatic carbocycles. The summed E-state index contributed by atoms with van der Waals surface area (Å²) in [5, 5.41) is 6.73. The van der Waals surface area contributed by atoms with Crippen LogP contribution in [0.1, 0.15) is 41.0 Å². The summed E-state index contributed by atoms with van der Waals surface area (Å²) in [5.41, 5.74) is 1.80. The van der Waals surface area contributed by atoms with Gasteiger partial charge >= 0.3 is 0 Å². The fraction of sp³-hybridized carbons (Fsp3) is 0.312. The second-order valence-electron chi connectivity index (χ2n) is 5.75. The van der Waals surface area contributed by atoms with Crippen LogP contribution in [-0.4, -0.2) is 26.8 Å². The summed E-state index contributed by atoms with van der Waals surface area (Å²) in [6.45, 7) is 1.26. The molecule has 124 valence electrons. The van der Waals surface area contributed by atoms with Gasteiger partial charge < -0.3 is 19.5 Å². The second-order valence-corrected chi connectivity index (χ2v) is 6.18. The first-order valence-electron chi connectivity index (χ1n) is 7.79. The van der Waals surface area contributed by atoms with Gasteiger partial charge in [0.05, 0.1) is 23.3 Å². The lowest BCUT2D eigenvalue weighted by molar-refractivity contribution is 0.0945. The molecular weight excluding hydrogens is 330 g/mol. The van der Waals surface area contributed by atoms with Gasteiger partial charge in [-0.1, -0.05) is 11.6 Å². The molecule has 8 heteroatoms. The molecular formula is C16H16ClN5O2. The lowest BCUT2D eigenvalue weighted by Gasteiger charge is -2.03. The molecule has 1 amide bonds. The van der Waals surface area contributed by atoms with Gasteiger partial charge in [0.1, 0.15) is 11.9 Å². The molecule has 1 fully saturated rings. The van der Waals surface area contributed by atoms with Crippen molar-refractivity contribution in [3.8, 4) is 0 Å². The molecule has 0 aliphatic carbocycles. The van der Waals surface area contributed by atoms with E-state index in [1.807, 2.05) is 16.7 Å². The molecule has 0 radical (unpaired) electrons. The summed E-state index contributed by atoms with van der Waals surface area (Å²) >= 11 is 5.95. The first-order chi connectivity index (χ1) is 11.7. The Morgan fingerprint density at radius 2 is 2.33 bits per heavy atom. The summed E-state index contributed by atoms with van der Waals surface area (Å²) in [6, 6.07) is 3.71. The number of hydrogen-bond acceptors (Lipinski definition) is 5. The zero-order valence-corrected chi connectivity index (χ0v) is 13.6. The lowest BCUT2D eigenvalue weighted by atomic mass is 10.2. The summed E-state index contributed by atoms with van der Waals surface area (Å²) < 4.78 is 7.24. The summed E-state index contributed by atoms with van der Waals surface area (Å²) in [5.74, 6) is 0.290. The number of amides is 1. The van der Waals surface area contributed by atoms with Crippen LogP contribution in [0.5, 0.6) is 0 Å². The van der Waals surface area contributed by atoms with E-state index in [4.69, 9.17) is 16.0 Å². The Hall–Kier alpha value is -2.38. The van der Waals surface area contributed by atoms with E-state index in [9.17, 15) is 4.79 Å². The van der Waals surface area contributed by atoms with Crippen LogP contribution in [0, 0.1) is 0 Å². The molecule has 0 saturated carbocycles. The molecule has 4 rings (SSSR count). The van der Waals surface area contributed by atoms with Crippen LogP contribution in [0.15, 0.2) is 35.2 Å². The molecule has 7 nitrogen and oxygen atoms in total. The fourth-order valence-electron chi connectivity index (χ4n) is 2.81. The summed E-state index contributed by atoms with van der Waals surface area (Å²) in [6.07, 6.45) is 7.07. The van der Waals surface area contributed by atoms with Crippen LogP contribution in [-0.2, 0) is 6.54 Å². The Labute approximate surface area is 143 Å². The lowest BCUT2D eigenvalue weighted by Crippen LogP contribution is -2.23. The number of nitrogens with one attached hydrogen (secondary N) is 2. The van der Waals surface area contributed by atoms with E-state index in [0.717, 1.165) is 30.7 Å². The highest BCUT2D eigenvalue weighted by Gasteiger charge is 2.22. The number of oxazole rings is 1. The second kappa shape index (κ2) is 6.26. The number of pyridine rings is 1. The van der Waals surface area contributed by atoms with E-state index < -0.39 is 0 Å². The average molecular weight is 346 g/mol. The molecule has 0 unspecified atom stereocenters. The number of imidazole rings is 1. The zero-order chi connectivity index (χ0) is 16.5. The largest absolute Gasteiger partial charge is 0.446 e. The van der Waals surface area contributed by atoms with E-state index in [0.29, 0.717) is 17.5 Å². The van der Waals surface area contributed by atoms with E-state index >= 15 is 0 Å². The molecule has 1 saturated heterocycles. The minimum Gasteiger partial charge on any atom is -0.446 e. The Morgan fingerprint density at radius 1 is 1.42 bits per heavy atom. The molecule has 1 atom stereocenters. The number of halogens is 1. The molecule has 1 aliphatic heterocycles. The van der Waals surface area contributed by atoms with Crippen molar-refractivity contribution in [2.75, 3.05) is 6.54 Å². The summed E-state index contributed by atoms with van der Waals surface area (Å²) in [4.78, 5) is 20.9. The maximum Gasteiger partial charge on any atom is 0.273 e. The van der Waals surface area contributed by atoms with E-state index in [-0.39, 0.29) is 17.6 Å². The van der Waals surface area contributed by atoms with Crippen LogP contribution < -0.4 is 10.6 Å². The predicted octanol–water partition coefficient (Wildman–Crippen LogP) is 2.33. The highest BCUT2D eigenvalue weighted by Crippen LogP contribution is 2.22. The predicted molar refractivity (Wildman–Crippen MR) is 87.9 cm³/mol. The first-order valence-corrected chi connectivity index (χ1v) is 8.17. The van der Waals surface area contributed by atoms with Gasteiger partial charge in [-0.25, -0.2) is 9.97 Å². The van der Waals surface area contributed by atoms with Crippen LogP contribution in [0.25, 0.3) is 5.65 Å². The van der Waals surface area contributed by atoms with Gasteiger partial charge in [0.15, 0.2) is 5.69 Å². The van der Waals surface area contributed by atoms with Gasteiger partial charge in [-0.3, -0.25) is 4.79 Å². The van der Waals surface area contributed by atoms with Crippen molar-refractivity contribution < 1.29 is 9.21 Å². The number of fused-ring (bicyclic) bond motifs is 1. The number of carbonyl (C=O) groups excluding carboxylic acids is 1. The van der Waals surface area contributed by atoms with Gasteiger partial charge in [0.2, 0.25) is 5.89 Å². The number of nitrogens with zero attached hydrogens (tertiary/aromatic N) is 3. The average Bonchev–Trinajstić information content (AvgIpc) is 3.30. The van der Waals surface area contributed by atoms with Crippen LogP contribution in [0.4, 0.5) is 0 Å². The van der Waals surface area contributed by atoms with Crippen LogP contribution in [0.3, 0.4) is 0 Å². The van der Waals surface area contributed by atoms with Gasteiger partial charge in [-0.05, 0) is 31.5 Å². The normalized spacial score (nSPS) is 17.5. The third-order valence-corrected chi connectivity index (χ3v) is 4.23. The molecule has 3 aromatic rings. The van der Waals surface area contributed by atoms with Crippen LogP contribution >= 0.6 is 11.6 Å². The molecule has 0 spiro atoms.